The molecule has 0 atom stereocenters. The van der Waals surface area contributed by atoms with Gasteiger partial charge in [0.15, 0.2) is 11.5 Å². The number of carbonyl (C=O) groups is 1. The first-order valence-corrected chi connectivity index (χ1v) is 8.12. The van der Waals surface area contributed by atoms with Gasteiger partial charge in [-0.15, -0.1) is 0 Å². The fraction of sp³-hybridized carbons (Fsp3) is 0.200. The Morgan fingerprint density at radius 1 is 1.16 bits per heavy atom. The number of benzene rings is 2. The van der Waals surface area contributed by atoms with Gasteiger partial charge in [-0.2, -0.15) is 0 Å². The first kappa shape index (κ1) is 15.4. The van der Waals surface area contributed by atoms with Gasteiger partial charge < -0.3 is 14.2 Å². The molecule has 0 aliphatic carbocycles. The lowest BCUT2D eigenvalue weighted by atomic mass is 10.0. The second-order valence-electron chi connectivity index (χ2n) is 6.28. The second kappa shape index (κ2) is 5.77. The molecule has 0 saturated heterocycles. The Balaban J connectivity index is 1.73. The summed E-state index contributed by atoms with van der Waals surface area (Å²) in [6, 6.07) is 13.6. The standard InChI is InChI=1S/C20H18N2O3/c1-12-8-9-13(2)16(10-12)22(3)20(23)18-15-11-24-17-7-5-4-6-14(17)19(15)25-21-18/h4-10H,11H2,1-3H3. The normalized spacial score (nSPS) is 12.1. The summed E-state index contributed by atoms with van der Waals surface area (Å²) in [5, 5.41) is 4.05. The molecule has 0 bridgehead atoms. The Labute approximate surface area is 145 Å². The van der Waals surface area contributed by atoms with Crippen molar-refractivity contribution in [3.8, 4) is 17.1 Å². The smallest absolute Gasteiger partial charge is 0.280 e. The number of carbonyl (C=O) groups excluding carboxylic acids is 1. The highest BCUT2D eigenvalue weighted by atomic mass is 16.5. The van der Waals surface area contributed by atoms with Crippen molar-refractivity contribution in [2.45, 2.75) is 20.5 Å². The third-order valence-electron chi connectivity index (χ3n) is 4.53. The molecule has 1 aliphatic rings. The van der Waals surface area contributed by atoms with Gasteiger partial charge in [0.05, 0.1) is 11.1 Å². The molecule has 1 amide bonds. The summed E-state index contributed by atoms with van der Waals surface area (Å²) < 4.78 is 11.3. The van der Waals surface area contributed by atoms with Crippen molar-refractivity contribution in [1.29, 1.82) is 0 Å². The summed E-state index contributed by atoms with van der Waals surface area (Å²) in [5.74, 6) is 1.15. The Kier molecular flexibility index (Phi) is 3.57. The van der Waals surface area contributed by atoms with E-state index in [0.717, 1.165) is 28.1 Å². The van der Waals surface area contributed by atoms with Crippen LogP contribution in [0.5, 0.6) is 5.75 Å². The molecule has 5 nitrogen and oxygen atoms in total. The summed E-state index contributed by atoms with van der Waals surface area (Å²) in [7, 11) is 1.75. The number of rotatable bonds is 2. The van der Waals surface area contributed by atoms with Crippen LogP contribution in [0, 0.1) is 13.8 Å². The van der Waals surface area contributed by atoms with Crippen LogP contribution in [-0.4, -0.2) is 18.1 Å². The SMILES string of the molecule is Cc1ccc(C)c(N(C)C(=O)c2noc3c2COc2ccccc2-3)c1. The van der Waals surface area contributed by atoms with Crippen molar-refractivity contribution in [1.82, 2.24) is 5.16 Å². The van der Waals surface area contributed by atoms with Gasteiger partial charge in [-0.25, -0.2) is 0 Å². The number of fused-ring (bicyclic) bond motifs is 3. The molecule has 0 fully saturated rings. The molecule has 0 radical (unpaired) electrons. The van der Waals surface area contributed by atoms with E-state index in [4.69, 9.17) is 9.26 Å². The van der Waals surface area contributed by atoms with E-state index in [1.807, 2.05) is 56.3 Å². The van der Waals surface area contributed by atoms with Gasteiger partial charge in [-0.1, -0.05) is 29.4 Å². The minimum Gasteiger partial charge on any atom is -0.488 e. The van der Waals surface area contributed by atoms with E-state index in [0.29, 0.717) is 17.0 Å². The monoisotopic (exact) mass is 334 g/mol. The molecule has 1 aliphatic heterocycles. The molecule has 2 heterocycles. The molecule has 4 rings (SSSR count). The van der Waals surface area contributed by atoms with Crippen LogP contribution in [0.2, 0.25) is 0 Å². The maximum Gasteiger partial charge on any atom is 0.280 e. The molecule has 5 heteroatoms. The number of para-hydroxylation sites is 1. The van der Waals surface area contributed by atoms with Crippen molar-refractivity contribution >= 4 is 11.6 Å². The van der Waals surface area contributed by atoms with Crippen LogP contribution >= 0.6 is 0 Å². The molecule has 126 valence electrons. The fourth-order valence-corrected chi connectivity index (χ4v) is 3.10. The van der Waals surface area contributed by atoms with Gasteiger partial charge in [0, 0.05) is 12.7 Å². The number of aryl methyl sites for hydroxylation is 2. The maximum absolute atomic E-state index is 13.0. The van der Waals surface area contributed by atoms with Crippen LogP contribution in [0.25, 0.3) is 11.3 Å². The van der Waals surface area contributed by atoms with Crippen LogP contribution in [0.3, 0.4) is 0 Å². The fourth-order valence-electron chi connectivity index (χ4n) is 3.10. The number of nitrogens with zero attached hydrogens (tertiary/aromatic N) is 2. The van der Waals surface area contributed by atoms with Gasteiger partial charge >= 0.3 is 0 Å². The minimum atomic E-state index is -0.207. The highest BCUT2D eigenvalue weighted by Crippen LogP contribution is 2.39. The van der Waals surface area contributed by atoms with E-state index in [1.54, 1.807) is 11.9 Å². The number of hydrogen-bond acceptors (Lipinski definition) is 4. The van der Waals surface area contributed by atoms with E-state index in [2.05, 4.69) is 5.16 Å². The molecule has 1 aromatic heterocycles. The largest absolute Gasteiger partial charge is 0.488 e. The number of anilines is 1. The molecular formula is C20H18N2O3. The van der Waals surface area contributed by atoms with Crippen LogP contribution in [0.1, 0.15) is 27.2 Å². The van der Waals surface area contributed by atoms with Crippen molar-refractivity contribution in [2.24, 2.45) is 0 Å². The predicted octanol–water partition coefficient (Wildman–Crippen LogP) is 4.13. The highest BCUT2D eigenvalue weighted by molar-refractivity contribution is 6.06. The van der Waals surface area contributed by atoms with Crippen LogP contribution < -0.4 is 9.64 Å². The van der Waals surface area contributed by atoms with E-state index in [9.17, 15) is 4.79 Å². The lowest BCUT2D eigenvalue weighted by Crippen LogP contribution is -2.28. The summed E-state index contributed by atoms with van der Waals surface area (Å²) in [6.07, 6.45) is 0. The maximum atomic E-state index is 13.0. The number of ether oxygens (including phenoxy) is 1. The lowest BCUT2D eigenvalue weighted by Gasteiger charge is -2.20. The Bertz CT molecular complexity index is 975. The Morgan fingerprint density at radius 3 is 2.80 bits per heavy atom. The topological polar surface area (TPSA) is 55.6 Å². The van der Waals surface area contributed by atoms with E-state index >= 15 is 0 Å². The summed E-state index contributed by atoms with van der Waals surface area (Å²) >= 11 is 0. The first-order valence-electron chi connectivity index (χ1n) is 8.12. The van der Waals surface area contributed by atoms with E-state index in [-0.39, 0.29) is 12.5 Å². The van der Waals surface area contributed by atoms with Crippen LogP contribution in [-0.2, 0) is 6.61 Å². The zero-order chi connectivity index (χ0) is 17.6. The molecule has 0 unspecified atom stereocenters. The second-order valence-corrected chi connectivity index (χ2v) is 6.28. The van der Waals surface area contributed by atoms with E-state index < -0.39 is 0 Å². The molecule has 0 N–H and O–H groups in total. The molecular weight excluding hydrogens is 316 g/mol. The molecule has 0 saturated carbocycles. The third-order valence-corrected chi connectivity index (χ3v) is 4.53. The van der Waals surface area contributed by atoms with Crippen LogP contribution in [0.4, 0.5) is 5.69 Å². The van der Waals surface area contributed by atoms with Crippen LogP contribution in [0.15, 0.2) is 47.0 Å². The van der Waals surface area contributed by atoms with Crippen molar-refractivity contribution in [2.75, 3.05) is 11.9 Å². The molecule has 3 aromatic rings. The van der Waals surface area contributed by atoms with Gasteiger partial charge in [-0.05, 0) is 43.2 Å². The third kappa shape index (κ3) is 2.48. The molecule has 2 aromatic carbocycles. The predicted molar refractivity (Wildman–Crippen MR) is 94.9 cm³/mol. The summed E-state index contributed by atoms with van der Waals surface area (Å²) in [6.45, 7) is 4.26. The number of hydrogen-bond donors (Lipinski definition) is 0. The summed E-state index contributed by atoms with van der Waals surface area (Å²) in [4.78, 5) is 14.6. The van der Waals surface area contributed by atoms with Crippen molar-refractivity contribution in [3.63, 3.8) is 0 Å². The Morgan fingerprint density at radius 2 is 1.96 bits per heavy atom. The molecule has 25 heavy (non-hydrogen) atoms. The zero-order valence-electron chi connectivity index (χ0n) is 14.4. The van der Waals surface area contributed by atoms with Gasteiger partial charge in [-0.3, -0.25) is 4.79 Å². The average Bonchev–Trinajstić information content (AvgIpc) is 3.07. The van der Waals surface area contributed by atoms with Gasteiger partial charge in [0.25, 0.3) is 5.91 Å². The van der Waals surface area contributed by atoms with Gasteiger partial charge in [0.1, 0.15) is 12.4 Å². The highest BCUT2D eigenvalue weighted by Gasteiger charge is 2.30. The quantitative estimate of drug-likeness (QED) is 0.707. The van der Waals surface area contributed by atoms with Crippen molar-refractivity contribution in [3.05, 3.63) is 64.8 Å². The average molecular weight is 334 g/mol. The summed E-state index contributed by atoms with van der Waals surface area (Å²) in [5.41, 5.74) is 4.80. The van der Waals surface area contributed by atoms with Crippen molar-refractivity contribution < 1.29 is 14.1 Å². The van der Waals surface area contributed by atoms with Gasteiger partial charge in [0.2, 0.25) is 0 Å². The minimum absolute atomic E-state index is 0.207. The first-order chi connectivity index (χ1) is 12.1. The molecule has 0 spiro atoms. The number of aromatic nitrogens is 1. The number of amides is 1. The zero-order valence-corrected chi connectivity index (χ0v) is 14.4. The Hall–Kier alpha value is -3.08. The van der Waals surface area contributed by atoms with E-state index in [1.165, 1.54) is 0 Å². The lowest BCUT2D eigenvalue weighted by molar-refractivity contribution is 0.0982.